The molecule has 0 bridgehead atoms. The third-order valence-corrected chi connectivity index (χ3v) is 3.84. The van der Waals surface area contributed by atoms with Crippen LogP contribution in [-0.2, 0) is 11.2 Å². The molecule has 1 aromatic rings. The van der Waals surface area contributed by atoms with Gasteiger partial charge in [-0.2, -0.15) is 4.98 Å². The minimum Gasteiger partial charge on any atom is -0.378 e. The van der Waals surface area contributed by atoms with Crippen molar-refractivity contribution >= 4 is 0 Å². The van der Waals surface area contributed by atoms with E-state index in [1.807, 2.05) is 0 Å². The number of hydrogen-bond donors (Lipinski definition) is 1. The van der Waals surface area contributed by atoms with E-state index in [-0.39, 0.29) is 12.1 Å². The topological polar surface area (TPSA) is 77.4 Å². The summed E-state index contributed by atoms with van der Waals surface area (Å²) in [6.07, 6.45) is 4.36. The third-order valence-electron chi connectivity index (χ3n) is 3.84. The van der Waals surface area contributed by atoms with Gasteiger partial charge in [0.1, 0.15) is 0 Å². The van der Waals surface area contributed by atoms with Crippen LogP contribution in [-0.4, -0.2) is 47.4 Å². The van der Waals surface area contributed by atoms with E-state index >= 15 is 0 Å². The van der Waals surface area contributed by atoms with Crippen LogP contribution in [0.1, 0.15) is 50.9 Å². The van der Waals surface area contributed by atoms with Crippen LogP contribution in [0.15, 0.2) is 4.52 Å². The Hall–Kier alpha value is -0.980. The first kappa shape index (κ1) is 15.4. The molecular formula is C14H26N4O2. The summed E-state index contributed by atoms with van der Waals surface area (Å²) in [5.74, 6) is 1.24. The third kappa shape index (κ3) is 4.26. The van der Waals surface area contributed by atoms with E-state index in [1.54, 1.807) is 0 Å². The van der Waals surface area contributed by atoms with Crippen LogP contribution in [0.2, 0.25) is 0 Å². The fourth-order valence-electron chi connectivity index (χ4n) is 2.51. The number of hydrogen-bond acceptors (Lipinski definition) is 6. The van der Waals surface area contributed by atoms with Gasteiger partial charge in [0.05, 0.1) is 18.6 Å². The van der Waals surface area contributed by atoms with Gasteiger partial charge >= 0.3 is 0 Å². The Morgan fingerprint density at radius 1 is 1.35 bits per heavy atom. The molecule has 2 atom stereocenters. The number of ether oxygens (including phenoxy) is 1. The Morgan fingerprint density at radius 3 is 2.80 bits per heavy atom. The molecule has 1 aliphatic rings. The normalized spacial score (nSPS) is 21.3. The maximum Gasteiger partial charge on any atom is 0.229 e. The minimum atomic E-state index is -0.195. The Morgan fingerprint density at radius 2 is 2.15 bits per heavy atom. The van der Waals surface area contributed by atoms with Crippen molar-refractivity contribution in [1.82, 2.24) is 15.0 Å². The number of likely N-dealkylation sites (N-methyl/N-ethyl adjacent to an activating group) is 1. The number of nitrogens with zero attached hydrogens (tertiary/aromatic N) is 3. The quantitative estimate of drug-likeness (QED) is 0.817. The zero-order valence-corrected chi connectivity index (χ0v) is 12.5. The number of nitrogens with two attached hydrogens (primary N) is 1. The fourth-order valence-corrected chi connectivity index (χ4v) is 2.51. The molecule has 0 radical (unpaired) electrons. The van der Waals surface area contributed by atoms with Crippen LogP contribution in [0, 0.1) is 0 Å². The van der Waals surface area contributed by atoms with Crippen molar-refractivity contribution in [3.05, 3.63) is 11.7 Å². The maximum absolute atomic E-state index is 6.14. The summed E-state index contributed by atoms with van der Waals surface area (Å²) in [5, 5.41) is 4.01. The summed E-state index contributed by atoms with van der Waals surface area (Å²) in [5.41, 5.74) is 6.14. The second-order valence-electron chi connectivity index (χ2n) is 5.33. The predicted octanol–water partition coefficient (Wildman–Crippen LogP) is 1.52. The Labute approximate surface area is 120 Å². The van der Waals surface area contributed by atoms with Gasteiger partial charge in [-0.05, 0) is 32.4 Å². The average Bonchev–Trinajstić information content (AvgIpc) is 2.94. The van der Waals surface area contributed by atoms with Gasteiger partial charge in [0.2, 0.25) is 5.89 Å². The van der Waals surface area contributed by atoms with Crippen LogP contribution in [0.4, 0.5) is 0 Å². The second kappa shape index (κ2) is 7.71. The molecule has 2 rings (SSSR count). The van der Waals surface area contributed by atoms with E-state index in [9.17, 15) is 0 Å². The lowest BCUT2D eigenvalue weighted by molar-refractivity contribution is 0.0124. The monoisotopic (exact) mass is 282 g/mol. The summed E-state index contributed by atoms with van der Waals surface area (Å²) in [4.78, 5) is 6.67. The van der Waals surface area contributed by atoms with E-state index in [0.717, 1.165) is 39.1 Å². The van der Waals surface area contributed by atoms with Crippen molar-refractivity contribution < 1.29 is 9.26 Å². The van der Waals surface area contributed by atoms with E-state index in [2.05, 4.69) is 28.9 Å². The molecule has 2 heterocycles. The van der Waals surface area contributed by atoms with Gasteiger partial charge in [0.25, 0.3) is 0 Å². The SMILES string of the molecule is CCN(CC)CC(N)c1noc(CC2CCCCO2)n1. The highest BCUT2D eigenvalue weighted by atomic mass is 16.5. The zero-order chi connectivity index (χ0) is 14.4. The van der Waals surface area contributed by atoms with Crippen molar-refractivity contribution in [3.63, 3.8) is 0 Å². The average molecular weight is 282 g/mol. The Kier molecular flexibility index (Phi) is 5.94. The number of aromatic nitrogens is 2. The van der Waals surface area contributed by atoms with E-state index in [0.29, 0.717) is 18.1 Å². The lowest BCUT2D eigenvalue weighted by Gasteiger charge is -2.21. The van der Waals surface area contributed by atoms with Gasteiger partial charge < -0.3 is 19.9 Å². The highest BCUT2D eigenvalue weighted by molar-refractivity contribution is 4.95. The molecule has 1 aliphatic heterocycles. The molecule has 20 heavy (non-hydrogen) atoms. The van der Waals surface area contributed by atoms with Gasteiger partial charge in [-0.3, -0.25) is 0 Å². The van der Waals surface area contributed by atoms with Crippen LogP contribution in [0.5, 0.6) is 0 Å². The molecule has 0 amide bonds. The molecule has 6 nitrogen and oxygen atoms in total. The first-order chi connectivity index (χ1) is 9.72. The standard InChI is InChI=1S/C14H26N4O2/c1-3-18(4-2)10-12(15)14-16-13(20-17-14)9-11-7-5-6-8-19-11/h11-12H,3-10,15H2,1-2H3. The fraction of sp³-hybridized carbons (Fsp3) is 0.857. The number of rotatable bonds is 7. The van der Waals surface area contributed by atoms with Gasteiger partial charge in [-0.15, -0.1) is 0 Å². The summed E-state index contributed by atoms with van der Waals surface area (Å²) >= 11 is 0. The smallest absolute Gasteiger partial charge is 0.229 e. The van der Waals surface area contributed by atoms with Crippen molar-refractivity contribution in [2.45, 2.75) is 51.7 Å². The molecule has 6 heteroatoms. The van der Waals surface area contributed by atoms with Crippen molar-refractivity contribution in [2.24, 2.45) is 5.73 Å². The molecule has 0 aliphatic carbocycles. The minimum absolute atomic E-state index is 0.195. The van der Waals surface area contributed by atoms with Crippen LogP contribution in [0.3, 0.4) is 0 Å². The largest absolute Gasteiger partial charge is 0.378 e. The van der Waals surface area contributed by atoms with Crippen molar-refractivity contribution in [2.75, 3.05) is 26.2 Å². The van der Waals surface area contributed by atoms with E-state index in [4.69, 9.17) is 15.0 Å². The van der Waals surface area contributed by atoms with Crippen molar-refractivity contribution in [1.29, 1.82) is 0 Å². The van der Waals surface area contributed by atoms with Gasteiger partial charge in [0.15, 0.2) is 5.82 Å². The van der Waals surface area contributed by atoms with Gasteiger partial charge in [-0.1, -0.05) is 19.0 Å². The molecule has 0 spiro atoms. The maximum atomic E-state index is 6.14. The van der Waals surface area contributed by atoms with Crippen molar-refractivity contribution in [3.8, 4) is 0 Å². The molecule has 1 saturated heterocycles. The highest BCUT2D eigenvalue weighted by Gasteiger charge is 2.20. The Bertz CT molecular complexity index is 386. The molecular weight excluding hydrogens is 256 g/mol. The second-order valence-corrected chi connectivity index (χ2v) is 5.33. The molecule has 2 N–H and O–H groups in total. The summed E-state index contributed by atoms with van der Waals surface area (Å²) in [7, 11) is 0. The van der Waals surface area contributed by atoms with E-state index in [1.165, 1.54) is 6.42 Å². The zero-order valence-electron chi connectivity index (χ0n) is 12.5. The molecule has 114 valence electrons. The summed E-state index contributed by atoms with van der Waals surface area (Å²) in [6, 6.07) is -0.195. The highest BCUT2D eigenvalue weighted by Crippen LogP contribution is 2.17. The molecule has 1 aromatic heterocycles. The molecule has 0 aromatic carbocycles. The van der Waals surface area contributed by atoms with Crippen LogP contribution in [0.25, 0.3) is 0 Å². The first-order valence-electron chi connectivity index (χ1n) is 7.65. The first-order valence-corrected chi connectivity index (χ1v) is 7.65. The molecule has 0 saturated carbocycles. The molecule has 2 unspecified atom stereocenters. The summed E-state index contributed by atoms with van der Waals surface area (Å²) < 4.78 is 11.0. The lowest BCUT2D eigenvalue weighted by Crippen LogP contribution is -2.32. The predicted molar refractivity (Wildman–Crippen MR) is 76.3 cm³/mol. The van der Waals surface area contributed by atoms with Crippen LogP contribution < -0.4 is 5.73 Å². The lowest BCUT2D eigenvalue weighted by atomic mass is 10.1. The summed E-state index contributed by atoms with van der Waals surface area (Å²) in [6.45, 7) is 7.80. The van der Waals surface area contributed by atoms with E-state index < -0.39 is 0 Å². The van der Waals surface area contributed by atoms with Gasteiger partial charge in [0, 0.05) is 13.2 Å². The van der Waals surface area contributed by atoms with Gasteiger partial charge in [-0.25, -0.2) is 0 Å². The molecule has 1 fully saturated rings. The van der Waals surface area contributed by atoms with Crippen LogP contribution >= 0.6 is 0 Å². The Balaban J connectivity index is 1.87.